The number of anilines is 1. The lowest BCUT2D eigenvalue weighted by atomic mass is 9.95. The molecule has 1 fully saturated rings. The number of amides is 2. The second kappa shape index (κ2) is 9.30. The van der Waals surface area contributed by atoms with Gasteiger partial charge in [-0.25, -0.2) is 8.42 Å². The first-order chi connectivity index (χ1) is 15.3. The quantitative estimate of drug-likeness (QED) is 0.636. The molecular weight excluding hydrogens is 450 g/mol. The van der Waals surface area contributed by atoms with Crippen LogP contribution in [0.4, 0.5) is 5.00 Å². The summed E-state index contributed by atoms with van der Waals surface area (Å²) in [5.41, 5.74) is 7.23. The van der Waals surface area contributed by atoms with Gasteiger partial charge in [-0.15, -0.1) is 11.3 Å². The number of benzene rings is 1. The molecule has 8 nitrogen and oxygen atoms in total. The number of ether oxygens (including phenoxy) is 1. The molecule has 1 atom stereocenters. The number of fused-ring (bicyclic) bond motifs is 1. The van der Waals surface area contributed by atoms with Gasteiger partial charge in [0.1, 0.15) is 5.00 Å². The molecule has 0 spiro atoms. The number of rotatable bonds is 7. The first-order valence-electron chi connectivity index (χ1n) is 10.7. The fourth-order valence-corrected chi connectivity index (χ4v) is 6.71. The maximum atomic E-state index is 12.8. The molecule has 0 bridgehead atoms. The molecule has 2 amide bonds. The number of nitrogens with two attached hydrogens (primary N) is 1. The van der Waals surface area contributed by atoms with Crippen molar-refractivity contribution in [1.82, 2.24) is 4.31 Å². The van der Waals surface area contributed by atoms with Crippen LogP contribution in [-0.2, 0) is 27.6 Å². The molecule has 3 N–H and O–H groups in total. The number of primary amides is 1. The van der Waals surface area contributed by atoms with E-state index in [-0.39, 0.29) is 11.0 Å². The molecule has 1 aliphatic carbocycles. The van der Waals surface area contributed by atoms with Crippen LogP contribution in [0.5, 0.6) is 0 Å². The minimum absolute atomic E-state index is 0.0871. The van der Waals surface area contributed by atoms with E-state index in [0.29, 0.717) is 29.3 Å². The van der Waals surface area contributed by atoms with Gasteiger partial charge in [0.15, 0.2) is 0 Å². The average molecular weight is 478 g/mol. The van der Waals surface area contributed by atoms with Crippen LogP contribution in [0.15, 0.2) is 29.2 Å². The summed E-state index contributed by atoms with van der Waals surface area (Å²) in [7, 11) is -2.16. The molecule has 1 unspecified atom stereocenters. The number of carbonyl (C=O) groups excluding carboxylic acids is 2. The van der Waals surface area contributed by atoms with Crippen LogP contribution in [0.2, 0.25) is 0 Å². The molecule has 4 rings (SSSR count). The molecule has 1 aromatic heterocycles. The predicted molar refractivity (Wildman–Crippen MR) is 123 cm³/mol. The molecule has 2 heterocycles. The van der Waals surface area contributed by atoms with E-state index in [1.807, 2.05) is 0 Å². The molecule has 172 valence electrons. The number of aryl methyl sites for hydroxylation is 1. The van der Waals surface area contributed by atoms with Gasteiger partial charge in [-0.3, -0.25) is 9.59 Å². The molecule has 10 heteroatoms. The summed E-state index contributed by atoms with van der Waals surface area (Å²) in [6, 6.07) is 5.79. The van der Waals surface area contributed by atoms with E-state index in [2.05, 4.69) is 5.32 Å². The molecule has 1 aromatic carbocycles. The van der Waals surface area contributed by atoms with E-state index < -0.39 is 21.8 Å². The van der Waals surface area contributed by atoms with Crippen molar-refractivity contribution in [3.63, 3.8) is 0 Å². The summed E-state index contributed by atoms with van der Waals surface area (Å²) < 4.78 is 32.5. The first kappa shape index (κ1) is 22.9. The molecule has 0 saturated carbocycles. The van der Waals surface area contributed by atoms with Gasteiger partial charge in [0, 0.05) is 30.6 Å². The Morgan fingerprint density at radius 1 is 1.19 bits per heavy atom. The smallest absolute Gasteiger partial charge is 0.256 e. The number of carbonyl (C=O) groups is 2. The normalized spacial score (nSPS) is 18.5. The van der Waals surface area contributed by atoms with Crippen LogP contribution in [0.3, 0.4) is 0 Å². The molecule has 1 aliphatic heterocycles. The van der Waals surface area contributed by atoms with Gasteiger partial charge in [0.25, 0.3) is 11.8 Å². The highest BCUT2D eigenvalue weighted by Crippen LogP contribution is 2.38. The topological polar surface area (TPSA) is 119 Å². The van der Waals surface area contributed by atoms with Crippen LogP contribution < -0.4 is 11.1 Å². The monoisotopic (exact) mass is 477 g/mol. The van der Waals surface area contributed by atoms with Crippen molar-refractivity contribution in [2.24, 2.45) is 5.73 Å². The Kier molecular flexibility index (Phi) is 6.66. The number of nitrogens with one attached hydrogen (secondary N) is 1. The minimum Gasteiger partial charge on any atom is -0.377 e. The second-order valence-electron chi connectivity index (χ2n) is 8.18. The van der Waals surface area contributed by atoms with Crippen molar-refractivity contribution in [3.8, 4) is 0 Å². The van der Waals surface area contributed by atoms with E-state index in [9.17, 15) is 18.0 Å². The Morgan fingerprint density at radius 2 is 1.91 bits per heavy atom. The Hall–Kier alpha value is -2.27. The minimum atomic E-state index is -3.69. The van der Waals surface area contributed by atoms with Crippen LogP contribution >= 0.6 is 11.3 Å². The zero-order valence-corrected chi connectivity index (χ0v) is 19.6. The van der Waals surface area contributed by atoms with Crippen molar-refractivity contribution >= 4 is 38.2 Å². The van der Waals surface area contributed by atoms with E-state index >= 15 is 0 Å². The number of nitrogens with zero attached hydrogens (tertiary/aromatic N) is 1. The third-order valence-electron chi connectivity index (χ3n) is 5.95. The summed E-state index contributed by atoms with van der Waals surface area (Å²) in [6.07, 6.45) is 5.40. The summed E-state index contributed by atoms with van der Waals surface area (Å²) in [6.45, 7) is 0.955. The predicted octanol–water partition coefficient (Wildman–Crippen LogP) is 2.78. The van der Waals surface area contributed by atoms with Gasteiger partial charge >= 0.3 is 0 Å². The maximum absolute atomic E-state index is 12.8. The van der Waals surface area contributed by atoms with Crippen molar-refractivity contribution < 1.29 is 22.7 Å². The van der Waals surface area contributed by atoms with Crippen LogP contribution in [0.1, 0.15) is 56.8 Å². The fraction of sp³-hybridized carbons (Fsp3) is 0.455. The highest BCUT2D eigenvalue weighted by Gasteiger charge is 2.27. The van der Waals surface area contributed by atoms with E-state index in [1.165, 1.54) is 47.0 Å². The standard InChI is InChI=1S/C22H27N3O5S2/c1-25(13-15-5-4-12-30-15)32(28,29)16-10-8-14(9-11-16)21(27)24-22-19(20(23)26)17-6-2-3-7-18(17)31-22/h8-11,15H,2-7,12-13H2,1H3,(H2,23,26)(H,24,27). The van der Waals surface area contributed by atoms with E-state index in [4.69, 9.17) is 10.5 Å². The van der Waals surface area contributed by atoms with Gasteiger partial charge in [-0.1, -0.05) is 0 Å². The highest BCUT2D eigenvalue weighted by molar-refractivity contribution is 7.89. The van der Waals surface area contributed by atoms with Crippen molar-refractivity contribution in [2.75, 3.05) is 25.5 Å². The summed E-state index contributed by atoms with van der Waals surface area (Å²) in [5, 5.41) is 3.26. The third kappa shape index (κ3) is 4.59. The molecular formula is C22H27N3O5S2. The first-order valence-corrected chi connectivity index (χ1v) is 13.0. The van der Waals surface area contributed by atoms with Gasteiger partial charge in [-0.05, 0) is 68.4 Å². The molecule has 32 heavy (non-hydrogen) atoms. The molecule has 1 saturated heterocycles. The Labute approximate surface area is 191 Å². The summed E-state index contributed by atoms with van der Waals surface area (Å²) >= 11 is 1.39. The molecule has 2 aliphatic rings. The van der Waals surface area contributed by atoms with Gasteiger partial charge in [-0.2, -0.15) is 4.31 Å². The lowest BCUT2D eigenvalue weighted by Gasteiger charge is -2.20. The lowest BCUT2D eigenvalue weighted by Crippen LogP contribution is -2.34. The zero-order valence-electron chi connectivity index (χ0n) is 17.9. The van der Waals surface area contributed by atoms with Gasteiger partial charge < -0.3 is 15.8 Å². The average Bonchev–Trinajstić information content (AvgIpc) is 3.40. The van der Waals surface area contributed by atoms with Crippen molar-refractivity contribution in [3.05, 3.63) is 45.8 Å². The van der Waals surface area contributed by atoms with Crippen molar-refractivity contribution in [1.29, 1.82) is 0 Å². The second-order valence-corrected chi connectivity index (χ2v) is 11.3. The Morgan fingerprint density at radius 3 is 2.56 bits per heavy atom. The highest BCUT2D eigenvalue weighted by atomic mass is 32.2. The zero-order chi connectivity index (χ0) is 22.9. The van der Waals surface area contributed by atoms with Crippen LogP contribution in [0.25, 0.3) is 0 Å². The third-order valence-corrected chi connectivity index (χ3v) is 9.00. The van der Waals surface area contributed by atoms with Crippen LogP contribution in [-0.4, -0.2) is 50.8 Å². The van der Waals surface area contributed by atoms with Crippen LogP contribution in [0, 0.1) is 0 Å². The fourth-order valence-electron chi connectivity index (χ4n) is 4.22. The number of hydrogen-bond donors (Lipinski definition) is 2. The van der Waals surface area contributed by atoms with Gasteiger partial charge in [0.2, 0.25) is 10.0 Å². The number of likely N-dealkylation sites (N-methyl/N-ethyl adjacent to an activating group) is 1. The number of hydrogen-bond acceptors (Lipinski definition) is 6. The Bertz CT molecular complexity index is 1120. The number of thiophene rings is 1. The van der Waals surface area contributed by atoms with E-state index in [0.717, 1.165) is 49.0 Å². The summed E-state index contributed by atoms with van der Waals surface area (Å²) in [5.74, 6) is -0.960. The maximum Gasteiger partial charge on any atom is 0.256 e. The van der Waals surface area contributed by atoms with E-state index in [1.54, 1.807) is 0 Å². The number of sulfonamides is 1. The van der Waals surface area contributed by atoms with Gasteiger partial charge in [0.05, 0.1) is 16.6 Å². The Balaban J connectivity index is 1.49. The molecule has 2 aromatic rings. The molecule has 0 radical (unpaired) electrons. The lowest BCUT2D eigenvalue weighted by molar-refractivity contribution is 0.0978. The SMILES string of the molecule is CN(CC1CCCO1)S(=O)(=O)c1ccc(C(=O)Nc2sc3c(c2C(N)=O)CCCC3)cc1. The largest absolute Gasteiger partial charge is 0.377 e. The summed E-state index contributed by atoms with van der Waals surface area (Å²) in [4.78, 5) is 26.0. The van der Waals surface area contributed by atoms with Crippen molar-refractivity contribution in [2.45, 2.75) is 49.5 Å².